The molecule has 1 unspecified atom stereocenters. The molecule has 2 aromatic rings. The lowest BCUT2D eigenvalue weighted by atomic mass is 10.1. The Morgan fingerprint density at radius 1 is 1.56 bits per heavy atom. The summed E-state index contributed by atoms with van der Waals surface area (Å²) < 4.78 is 5.29. The number of nitrogens with two attached hydrogens (primary N) is 1. The number of thiophene rings is 1. The lowest BCUT2D eigenvalue weighted by Gasteiger charge is -2.11. The summed E-state index contributed by atoms with van der Waals surface area (Å²) in [4.78, 5) is 6.74. The predicted molar refractivity (Wildman–Crippen MR) is 70.0 cm³/mol. The summed E-state index contributed by atoms with van der Waals surface area (Å²) in [7, 11) is 0. The quantitative estimate of drug-likeness (QED) is 0.908. The van der Waals surface area contributed by atoms with E-state index in [0.717, 1.165) is 31.7 Å². The number of hydrogen-bond acceptors (Lipinski definition) is 6. The van der Waals surface area contributed by atoms with Crippen LogP contribution in [0.15, 0.2) is 21.3 Å². The molecular formula is C12H16N4OS. The van der Waals surface area contributed by atoms with E-state index in [1.54, 1.807) is 11.3 Å². The van der Waals surface area contributed by atoms with Gasteiger partial charge in [0.1, 0.15) is 0 Å². The highest BCUT2D eigenvalue weighted by Gasteiger charge is 2.23. The number of aromatic nitrogens is 2. The van der Waals surface area contributed by atoms with Crippen molar-refractivity contribution < 1.29 is 4.52 Å². The molecule has 0 bridgehead atoms. The van der Waals surface area contributed by atoms with Gasteiger partial charge < -0.3 is 10.3 Å². The maximum absolute atomic E-state index is 5.68. The van der Waals surface area contributed by atoms with Crippen LogP contribution in [-0.2, 0) is 6.54 Å². The van der Waals surface area contributed by atoms with Gasteiger partial charge in [0.2, 0.25) is 11.7 Å². The zero-order valence-electron chi connectivity index (χ0n) is 10.1. The molecule has 96 valence electrons. The van der Waals surface area contributed by atoms with Gasteiger partial charge >= 0.3 is 0 Å². The van der Waals surface area contributed by atoms with E-state index < -0.39 is 0 Å². The maximum Gasteiger partial charge on any atom is 0.241 e. The van der Waals surface area contributed by atoms with E-state index in [0.29, 0.717) is 17.6 Å². The van der Waals surface area contributed by atoms with Crippen LogP contribution in [-0.4, -0.2) is 34.7 Å². The van der Waals surface area contributed by atoms with Crippen LogP contribution in [0.1, 0.15) is 12.3 Å². The molecule has 18 heavy (non-hydrogen) atoms. The summed E-state index contributed by atoms with van der Waals surface area (Å²) in [5.74, 6) is 1.99. The maximum atomic E-state index is 5.68. The van der Waals surface area contributed by atoms with Gasteiger partial charge in [-0.2, -0.15) is 16.3 Å². The van der Waals surface area contributed by atoms with Gasteiger partial charge in [0.15, 0.2) is 0 Å². The van der Waals surface area contributed by atoms with Gasteiger partial charge in [0.25, 0.3) is 0 Å². The minimum atomic E-state index is 0.615. The number of rotatable bonds is 4. The SMILES string of the molecule is NCC1CCN(Cc2nc(-c3ccsc3)no2)C1. The molecule has 1 aliphatic rings. The molecule has 3 rings (SSSR count). The summed E-state index contributed by atoms with van der Waals surface area (Å²) >= 11 is 1.63. The first-order valence-corrected chi connectivity index (χ1v) is 7.07. The summed E-state index contributed by atoms with van der Waals surface area (Å²) in [6.07, 6.45) is 1.17. The van der Waals surface area contributed by atoms with Gasteiger partial charge in [-0.15, -0.1) is 0 Å². The average Bonchev–Trinajstić information content (AvgIpc) is 3.10. The molecule has 2 aromatic heterocycles. The van der Waals surface area contributed by atoms with Crippen molar-refractivity contribution >= 4 is 11.3 Å². The van der Waals surface area contributed by atoms with Gasteiger partial charge in [0, 0.05) is 17.5 Å². The normalized spacial score (nSPS) is 20.6. The molecule has 1 aliphatic heterocycles. The third kappa shape index (κ3) is 2.45. The largest absolute Gasteiger partial charge is 0.338 e. The van der Waals surface area contributed by atoms with E-state index in [-0.39, 0.29) is 0 Å². The third-order valence-electron chi connectivity index (χ3n) is 3.31. The second-order valence-electron chi connectivity index (χ2n) is 4.65. The molecule has 0 saturated carbocycles. The smallest absolute Gasteiger partial charge is 0.241 e. The number of likely N-dealkylation sites (tertiary alicyclic amines) is 1. The molecule has 0 radical (unpaired) electrons. The Morgan fingerprint density at radius 3 is 3.22 bits per heavy atom. The Morgan fingerprint density at radius 2 is 2.50 bits per heavy atom. The Kier molecular flexibility index (Phi) is 3.40. The highest BCUT2D eigenvalue weighted by Crippen LogP contribution is 2.21. The van der Waals surface area contributed by atoms with Crippen molar-refractivity contribution in [3.8, 4) is 11.4 Å². The van der Waals surface area contributed by atoms with Crippen molar-refractivity contribution in [1.82, 2.24) is 15.0 Å². The van der Waals surface area contributed by atoms with Crippen LogP contribution in [0.25, 0.3) is 11.4 Å². The highest BCUT2D eigenvalue weighted by atomic mass is 32.1. The van der Waals surface area contributed by atoms with E-state index in [2.05, 4.69) is 15.0 Å². The van der Waals surface area contributed by atoms with Crippen LogP contribution in [0.5, 0.6) is 0 Å². The van der Waals surface area contributed by atoms with E-state index >= 15 is 0 Å². The first-order chi connectivity index (χ1) is 8.85. The van der Waals surface area contributed by atoms with Crippen molar-refractivity contribution in [1.29, 1.82) is 0 Å². The number of hydrogen-bond donors (Lipinski definition) is 1. The van der Waals surface area contributed by atoms with E-state index in [4.69, 9.17) is 10.3 Å². The van der Waals surface area contributed by atoms with Crippen LogP contribution >= 0.6 is 11.3 Å². The van der Waals surface area contributed by atoms with Gasteiger partial charge in [-0.3, -0.25) is 4.90 Å². The topological polar surface area (TPSA) is 68.2 Å². The van der Waals surface area contributed by atoms with Gasteiger partial charge in [-0.05, 0) is 36.9 Å². The first kappa shape index (κ1) is 11.8. The predicted octanol–water partition coefficient (Wildman–Crippen LogP) is 1.58. The molecule has 0 aromatic carbocycles. The van der Waals surface area contributed by atoms with Gasteiger partial charge in [-0.1, -0.05) is 5.16 Å². The fourth-order valence-corrected chi connectivity index (χ4v) is 2.90. The fraction of sp³-hybridized carbons (Fsp3) is 0.500. The highest BCUT2D eigenvalue weighted by molar-refractivity contribution is 7.08. The van der Waals surface area contributed by atoms with Crippen molar-refractivity contribution in [2.24, 2.45) is 11.7 Å². The molecule has 1 atom stereocenters. The lowest BCUT2D eigenvalue weighted by Crippen LogP contribution is -2.22. The van der Waals surface area contributed by atoms with Crippen LogP contribution in [0.3, 0.4) is 0 Å². The van der Waals surface area contributed by atoms with Crippen LogP contribution in [0, 0.1) is 5.92 Å². The van der Waals surface area contributed by atoms with Crippen molar-refractivity contribution in [2.75, 3.05) is 19.6 Å². The standard InChI is InChI=1S/C12H16N4OS/c13-5-9-1-3-16(6-9)7-11-14-12(15-17-11)10-2-4-18-8-10/h2,4,8-9H,1,3,5-7,13H2. The molecule has 1 fully saturated rings. The zero-order chi connectivity index (χ0) is 12.4. The zero-order valence-corrected chi connectivity index (χ0v) is 10.9. The monoisotopic (exact) mass is 264 g/mol. The van der Waals surface area contributed by atoms with Crippen molar-refractivity contribution in [2.45, 2.75) is 13.0 Å². The lowest BCUT2D eigenvalue weighted by molar-refractivity contribution is 0.261. The van der Waals surface area contributed by atoms with E-state index in [1.165, 1.54) is 6.42 Å². The van der Waals surface area contributed by atoms with Crippen molar-refractivity contribution in [3.63, 3.8) is 0 Å². The minimum absolute atomic E-state index is 0.615. The molecule has 1 saturated heterocycles. The molecule has 0 amide bonds. The Hall–Kier alpha value is -1.24. The van der Waals surface area contributed by atoms with Gasteiger partial charge in [0.05, 0.1) is 6.54 Å². The molecule has 5 nitrogen and oxygen atoms in total. The molecule has 6 heteroatoms. The molecule has 0 spiro atoms. The second-order valence-corrected chi connectivity index (χ2v) is 5.43. The fourth-order valence-electron chi connectivity index (χ4n) is 2.27. The van der Waals surface area contributed by atoms with E-state index in [9.17, 15) is 0 Å². The Bertz CT molecular complexity index is 496. The summed E-state index contributed by atoms with van der Waals surface area (Å²) in [6.45, 7) is 3.60. The average molecular weight is 264 g/mol. The third-order valence-corrected chi connectivity index (χ3v) is 3.99. The molecule has 2 N–H and O–H groups in total. The summed E-state index contributed by atoms with van der Waals surface area (Å²) in [5, 5.41) is 8.04. The first-order valence-electron chi connectivity index (χ1n) is 6.12. The summed E-state index contributed by atoms with van der Waals surface area (Å²) in [6, 6.07) is 2.00. The van der Waals surface area contributed by atoms with Crippen LogP contribution in [0.4, 0.5) is 0 Å². The van der Waals surface area contributed by atoms with E-state index in [1.807, 2.05) is 16.8 Å². The second kappa shape index (κ2) is 5.17. The number of nitrogens with zero attached hydrogens (tertiary/aromatic N) is 3. The summed E-state index contributed by atoms with van der Waals surface area (Å²) in [5.41, 5.74) is 6.71. The molecular weight excluding hydrogens is 248 g/mol. The van der Waals surface area contributed by atoms with Crippen LogP contribution < -0.4 is 5.73 Å². The van der Waals surface area contributed by atoms with Crippen molar-refractivity contribution in [3.05, 3.63) is 22.7 Å². The molecule has 3 heterocycles. The molecule has 0 aliphatic carbocycles. The Balaban J connectivity index is 1.64. The minimum Gasteiger partial charge on any atom is -0.338 e. The van der Waals surface area contributed by atoms with Gasteiger partial charge in [-0.25, -0.2) is 0 Å². The Labute approximate surface area is 110 Å². The van der Waals surface area contributed by atoms with Crippen LogP contribution in [0.2, 0.25) is 0 Å².